The minimum atomic E-state index is 0.246. The zero-order valence-electron chi connectivity index (χ0n) is 15.0. The van der Waals surface area contributed by atoms with Gasteiger partial charge < -0.3 is 10.2 Å². The summed E-state index contributed by atoms with van der Waals surface area (Å²) in [7, 11) is 0. The fourth-order valence-electron chi connectivity index (χ4n) is 4.19. The maximum absolute atomic E-state index is 3.83. The van der Waals surface area contributed by atoms with Gasteiger partial charge in [-0.3, -0.25) is 0 Å². The number of rotatable bonds is 5. The van der Waals surface area contributed by atoms with Crippen LogP contribution in [-0.4, -0.2) is 36.6 Å². The second kappa shape index (κ2) is 7.46. The fourth-order valence-corrected chi connectivity index (χ4v) is 4.19. The number of nitrogens with one attached hydrogen (secondary N) is 1. The van der Waals surface area contributed by atoms with E-state index in [1.807, 2.05) is 0 Å². The van der Waals surface area contributed by atoms with E-state index in [1.165, 1.54) is 77.5 Å². The summed E-state index contributed by atoms with van der Waals surface area (Å²) in [5.74, 6) is 0.961. The fraction of sp³-hybridized carbons (Fsp3) is 1.00. The van der Waals surface area contributed by atoms with Crippen molar-refractivity contribution in [2.75, 3.05) is 26.2 Å². The van der Waals surface area contributed by atoms with E-state index < -0.39 is 0 Å². The molecule has 21 heavy (non-hydrogen) atoms. The van der Waals surface area contributed by atoms with E-state index >= 15 is 0 Å². The van der Waals surface area contributed by atoms with Crippen LogP contribution in [0.3, 0.4) is 0 Å². The van der Waals surface area contributed by atoms with E-state index in [9.17, 15) is 0 Å². The van der Waals surface area contributed by atoms with Crippen LogP contribution in [0.5, 0.6) is 0 Å². The zero-order chi connectivity index (χ0) is 15.3. The first kappa shape index (κ1) is 17.3. The number of hydrogen-bond acceptors (Lipinski definition) is 2. The number of nitrogens with zero attached hydrogens (tertiary/aromatic N) is 1. The van der Waals surface area contributed by atoms with Gasteiger partial charge in [-0.25, -0.2) is 0 Å². The minimum absolute atomic E-state index is 0.246. The normalized spacial score (nSPS) is 27.7. The van der Waals surface area contributed by atoms with Crippen molar-refractivity contribution < 1.29 is 0 Å². The first-order chi connectivity index (χ1) is 9.92. The van der Waals surface area contributed by atoms with Crippen LogP contribution >= 0.6 is 0 Å². The topological polar surface area (TPSA) is 15.3 Å². The predicted molar refractivity (Wildman–Crippen MR) is 92.7 cm³/mol. The molecule has 0 aromatic rings. The van der Waals surface area contributed by atoms with Gasteiger partial charge in [-0.15, -0.1) is 0 Å². The van der Waals surface area contributed by atoms with E-state index in [4.69, 9.17) is 0 Å². The van der Waals surface area contributed by atoms with Crippen LogP contribution in [0.1, 0.15) is 79.1 Å². The van der Waals surface area contributed by atoms with Crippen LogP contribution in [-0.2, 0) is 0 Å². The van der Waals surface area contributed by atoms with Crippen molar-refractivity contribution >= 4 is 0 Å². The Balaban J connectivity index is 1.97. The molecule has 2 nitrogen and oxygen atoms in total. The number of hydrogen-bond donors (Lipinski definition) is 1. The van der Waals surface area contributed by atoms with Gasteiger partial charge in [-0.2, -0.15) is 0 Å². The lowest BCUT2D eigenvalue weighted by atomic mass is 9.79. The summed E-state index contributed by atoms with van der Waals surface area (Å²) in [6, 6.07) is 0. The summed E-state index contributed by atoms with van der Waals surface area (Å²) in [5, 5.41) is 3.83. The van der Waals surface area contributed by atoms with E-state index in [-0.39, 0.29) is 5.54 Å². The van der Waals surface area contributed by atoms with Crippen LogP contribution in [0.15, 0.2) is 0 Å². The minimum Gasteiger partial charge on any atom is -0.311 e. The summed E-state index contributed by atoms with van der Waals surface area (Å²) in [6.07, 6.45) is 11.5. The Morgan fingerprint density at radius 2 is 1.76 bits per heavy atom. The highest BCUT2D eigenvalue weighted by molar-refractivity contribution is 4.90. The summed E-state index contributed by atoms with van der Waals surface area (Å²) in [5.41, 5.74) is 0.780. The van der Waals surface area contributed by atoms with E-state index in [2.05, 4.69) is 37.9 Å². The van der Waals surface area contributed by atoms with Crippen molar-refractivity contribution in [2.45, 2.75) is 84.6 Å². The lowest BCUT2D eigenvalue weighted by Gasteiger charge is -2.39. The molecule has 1 unspecified atom stereocenters. The second-order valence-corrected chi connectivity index (χ2v) is 8.82. The van der Waals surface area contributed by atoms with Gasteiger partial charge in [-0.1, -0.05) is 39.0 Å². The Labute approximate surface area is 133 Å². The van der Waals surface area contributed by atoms with Crippen LogP contribution in [0, 0.1) is 11.3 Å². The Bertz CT molecular complexity index is 297. The van der Waals surface area contributed by atoms with Crippen molar-refractivity contribution in [1.82, 2.24) is 10.2 Å². The molecule has 1 heterocycles. The van der Waals surface area contributed by atoms with Crippen LogP contribution < -0.4 is 5.32 Å². The van der Waals surface area contributed by atoms with Crippen molar-refractivity contribution in [3.05, 3.63) is 0 Å². The molecule has 1 saturated carbocycles. The highest BCUT2D eigenvalue weighted by atomic mass is 15.2. The third kappa shape index (κ3) is 5.56. The molecule has 2 fully saturated rings. The van der Waals surface area contributed by atoms with Gasteiger partial charge in [0.2, 0.25) is 0 Å². The third-order valence-electron chi connectivity index (χ3n) is 5.66. The Morgan fingerprint density at radius 1 is 1.10 bits per heavy atom. The number of likely N-dealkylation sites (tertiary alicyclic amines) is 1. The average Bonchev–Trinajstić information content (AvgIpc) is 2.74. The molecule has 2 heteroatoms. The molecule has 0 radical (unpaired) electrons. The summed E-state index contributed by atoms with van der Waals surface area (Å²) in [4.78, 5) is 2.78. The van der Waals surface area contributed by atoms with Gasteiger partial charge in [0.05, 0.1) is 0 Å². The highest BCUT2D eigenvalue weighted by Gasteiger charge is 2.35. The molecule has 1 aliphatic carbocycles. The maximum atomic E-state index is 3.83. The van der Waals surface area contributed by atoms with Crippen LogP contribution in [0.2, 0.25) is 0 Å². The first-order valence-corrected chi connectivity index (χ1v) is 9.40. The molecule has 0 aromatic carbocycles. The predicted octanol–water partition coefficient (Wildman–Crippen LogP) is 4.45. The third-order valence-corrected chi connectivity index (χ3v) is 5.66. The van der Waals surface area contributed by atoms with Crippen molar-refractivity contribution in [3.8, 4) is 0 Å². The summed E-state index contributed by atoms with van der Waals surface area (Å²) < 4.78 is 0. The monoisotopic (exact) mass is 294 g/mol. The Morgan fingerprint density at radius 3 is 2.29 bits per heavy atom. The van der Waals surface area contributed by atoms with Crippen molar-refractivity contribution in [1.29, 1.82) is 0 Å². The molecular weight excluding hydrogens is 256 g/mol. The quantitative estimate of drug-likeness (QED) is 0.754. The smallest absolute Gasteiger partial charge is 0.00967 e. The summed E-state index contributed by atoms with van der Waals surface area (Å²) in [6.45, 7) is 14.5. The molecule has 0 bridgehead atoms. The van der Waals surface area contributed by atoms with E-state index in [1.54, 1.807) is 0 Å². The Hall–Kier alpha value is -0.0800. The van der Waals surface area contributed by atoms with Gasteiger partial charge in [-0.05, 0) is 57.9 Å². The van der Waals surface area contributed by atoms with E-state index in [0.717, 1.165) is 5.92 Å². The largest absolute Gasteiger partial charge is 0.311 e. The molecule has 1 aliphatic heterocycles. The average molecular weight is 295 g/mol. The maximum Gasteiger partial charge on any atom is 0.00967 e. The SMILES string of the molecule is CCC1CCN(CC2(CNC(C)(C)C)CCCCCC2)C1. The molecule has 2 aliphatic rings. The van der Waals surface area contributed by atoms with Gasteiger partial charge >= 0.3 is 0 Å². The van der Waals surface area contributed by atoms with Crippen LogP contribution in [0.4, 0.5) is 0 Å². The summed E-state index contributed by atoms with van der Waals surface area (Å²) >= 11 is 0. The molecule has 124 valence electrons. The molecule has 1 N–H and O–H groups in total. The van der Waals surface area contributed by atoms with Crippen molar-refractivity contribution in [2.24, 2.45) is 11.3 Å². The standard InChI is InChI=1S/C19H38N2/c1-5-17-10-13-21(14-17)16-19(15-20-18(2,3)4)11-8-6-7-9-12-19/h17,20H,5-16H2,1-4H3. The van der Waals surface area contributed by atoms with Gasteiger partial charge in [0.25, 0.3) is 0 Å². The molecule has 0 amide bonds. The molecule has 1 atom stereocenters. The molecule has 0 aromatic heterocycles. The van der Waals surface area contributed by atoms with Gasteiger partial charge in [0, 0.05) is 25.2 Å². The van der Waals surface area contributed by atoms with Gasteiger partial charge in [0.1, 0.15) is 0 Å². The highest BCUT2D eigenvalue weighted by Crippen LogP contribution is 2.37. The molecule has 2 rings (SSSR count). The Kier molecular flexibility index (Phi) is 6.14. The lowest BCUT2D eigenvalue weighted by molar-refractivity contribution is 0.132. The van der Waals surface area contributed by atoms with Crippen molar-refractivity contribution in [3.63, 3.8) is 0 Å². The van der Waals surface area contributed by atoms with E-state index in [0.29, 0.717) is 5.41 Å². The van der Waals surface area contributed by atoms with Gasteiger partial charge in [0.15, 0.2) is 0 Å². The lowest BCUT2D eigenvalue weighted by Crippen LogP contribution is -2.48. The van der Waals surface area contributed by atoms with Crippen LogP contribution in [0.25, 0.3) is 0 Å². The first-order valence-electron chi connectivity index (χ1n) is 9.40. The molecule has 1 saturated heterocycles. The molecule has 0 spiro atoms. The molecular formula is C19H38N2. The zero-order valence-corrected chi connectivity index (χ0v) is 15.0. The second-order valence-electron chi connectivity index (χ2n) is 8.82.